The summed E-state index contributed by atoms with van der Waals surface area (Å²) in [4.78, 5) is 129. The Bertz CT molecular complexity index is 3780. The van der Waals surface area contributed by atoms with Gasteiger partial charge in [0.2, 0.25) is 35.5 Å². The van der Waals surface area contributed by atoms with Crippen LogP contribution in [0.4, 0.5) is 10.7 Å². The lowest BCUT2D eigenvalue weighted by molar-refractivity contribution is -0.143. The van der Waals surface area contributed by atoms with Gasteiger partial charge in [-0.05, 0) is 90.4 Å². The number of ether oxygens (including phenoxy) is 2. The maximum Gasteiger partial charge on any atom is 0.312 e. The van der Waals surface area contributed by atoms with Crippen molar-refractivity contribution in [3.8, 4) is 23.0 Å². The van der Waals surface area contributed by atoms with E-state index in [1.165, 1.54) is 31.0 Å². The number of anilines is 1. The largest absolute Gasteiger partial charge is 0.495 e. The van der Waals surface area contributed by atoms with E-state index in [0.29, 0.717) is 63.5 Å². The minimum absolute atomic E-state index is 0.000456. The third-order valence-electron chi connectivity index (χ3n) is 13.6. The Morgan fingerprint density at radius 1 is 0.686 bits per heavy atom. The summed E-state index contributed by atoms with van der Waals surface area (Å²) in [6.07, 6.45) is 3.95. The van der Waals surface area contributed by atoms with Gasteiger partial charge >= 0.3 is 18.0 Å². The van der Waals surface area contributed by atoms with Gasteiger partial charge in [-0.3, -0.25) is 53.0 Å². The third-order valence-corrected chi connectivity index (χ3v) is 13.6. The predicted octanol–water partition coefficient (Wildman–Crippen LogP) is 1.21. The fourth-order valence-corrected chi connectivity index (χ4v) is 9.61. The number of methoxy groups -OCH3 is 1. The van der Waals surface area contributed by atoms with Crippen LogP contribution < -0.4 is 58.6 Å². The number of allylic oxidation sites excluding steroid dienone is 2. The Labute approximate surface area is 490 Å². The molecule has 0 fully saturated rings. The molecule has 0 unspecified atom stereocenters. The number of nitrogens with two attached hydrogens (primary N) is 3. The molecule has 14 N–H and O–H groups in total. The molecule has 456 valence electrons. The molecule has 2 aromatic carbocycles. The summed E-state index contributed by atoms with van der Waals surface area (Å²) < 4.78 is 19.0. The Morgan fingerprint density at radius 3 is 1.92 bits per heavy atom. The molecule has 31 heteroatoms. The first kappa shape index (κ1) is 63.1. The standard InChI is InChI=1S/C55H68N18O13/c1-7-72-38(19-28(3)68-72)48-62-27-33-32-21-30(46(56)78)23-40(85-6)44(32)70(49(33)66-48)16-9-10-17-71-45-35(65-55(71)67-53(83)39-20-29(4)69-73(39)8-2)22-31(47(57)79)24-41(45)86-18-12-15-60-50(80)36(25-42(74)75)63-52(82)37(26-43(76)77)64-51(81)34(59-5)13-11-14-61-54(58)84/h9-10,19-24,27,34,36-37,59H,7-8,11-18,25-26H2,1-6H3,(H2,56,78)(H2,57,79)(H,60,80)(H,63,82)(H,64,81)(H,74,75)(H,76,77)(H3,58,61,84)(H,65,67,83)/b10-9+/t34-,36-,37-/m0/s1. The maximum absolute atomic E-state index is 14.0. The first-order chi connectivity index (χ1) is 41.0. The van der Waals surface area contributed by atoms with Crippen LogP contribution in [0.3, 0.4) is 0 Å². The zero-order valence-corrected chi connectivity index (χ0v) is 48.1. The van der Waals surface area contributed by atoms with Crippen molar-refractivity contribution >= 4 is 92.3 Å². The van der Waals surface area contributed by atoms with E-state index >= 15 is 0 Å². The second kappa shape index (κ2) is 28.2. The van der Waals surface area contributed by atoms with Gasteiger partial charge in [-0.2, -0.15) is 10.2 Å². The second-order valence-electron chi connectivity index (χ2n) is 19.7. The molecule has 0 bridgehead atoms. The molecule has 31 nitrogen and oxygen atoms in total. The number of carbonyl (C=O) groups is 9. The minimum Gasteiger partial charge on any atom is -0.495 e. The average molecular weight is 1190 g/mol. The van der Waals surface area contributed by atoms with Crippen molar-refractivity contribution in [3.63, 3.8) is 0 Å². The molecule has 8 amide bonds. The monoisotopic (exact) mass is 1190 g/mol. The molecule has 0 aliphatic carbocycles. The van der Waals surface area contributed by atoms with Gasteiger partial charge < -0.3 is 72.6 Å². The molecular formula is C55H68N18O13. The van der Waals surface area contributed by atoms with Crippen LogP contribution in [-0.2, 0) is 50.2 Å². The van der Waals surface area contributed by atoms with Crippen molar-refractivity contribution in [2.45, 2.75) is 104 Å². The lowest BCUT2D eigenvalue weighted by atomic mass is 10.1. The molecule has 0 aliphatic heterocycles. The van der Waals surface area contributed by atoms with E-state index in [0.717, 1.165) is 5.69 Å². The number of hydrogen-bond acceptors (Lipinski definition) is 17. The molecular weight excluding hydrogens is 1120 g/mol. The van der Waals surface area contributed by atoms with Crippen LogP contribution in [0.15, 0.2) is 54.7 Å². The number of nitrogens with one attached hydrogen (secondary N) is 6. The fourth-order valence-electron chi connectivity index (χ4n) is 9.61. The van der Waals surface area contributed by atoms with E-state index in [1.54, 1.807) is 46.6 Å². The highest BCUT2D eigenvalue weighted by atomic mass is 16.5. The number of carboxylic acid groups (broad SMARTS) is 2. The summed E-state index contributed by atoms with van der Waals surface area (Å²) >= 11 is 0. The highest BCUT2D eigenvalue weighted by molar-refractivity contribution is 6.12. The maximum atomic E-state index is 14.0. The number of aliphatic carboxylic acids is 2. The lowest BCUT2D eigenvalue weighted by Gasteiger charge is -2.23. The Hall–Kier alpha value is -10.5. The molecule has 5 aromatic heterocycles. The zero-order chi connectivity index (χ0) is 62.5. The van der Waals surface area contributed by atoms with Gasteiger partial charge in [0.15, 0.2) is 5.82 Å². The van der Waals surface area contributed by atoms with Crippen molar-refractivity contribution in [2.75, 3.05) is 39.2 Å². The number of primary amides is 3. The summed E-state index contributed by atoms with van der Waals surface area (Å²) in [7, 11) is 2.92. The summed E-state index contributed by atoms with van der Waals surface area (Å²) in [5.74, 6) is -7.01. The summed E-state index contributed by atoms with van der Waals surface area (Å²) in [5.41, 5.74) is 20.8. The van der Waals surface area contributed by atoms with Gasteiger partial charge in [0, 0.05) is 67.4 Å². The number of aryl methyl sites for hydroxylation is 4. The van der Waals surface area contributed by atoms with Crippen molar-refractivity contribution < 1.29 is 62.8 Å². The number of benzene rings is 2. The molecule has 0 aliphatic rings. The van der Waals surface area contributed by atoms with Gasteiger partial charge in [0.25, 0.3) is 5.91 Å². The molecule has 0 radical (unpaired) electrons. The normalized spacial score (nSPS) is 12.4. The Morgan fingerprint density at radius 2 is 1.29 bits per heavy atom. The number of likely N-dealkylation sites (N-methyl/N-ethyl adjacent to an activating group) is 1. The van der Waals surface area contributed by atoms with Gasteiger partial charge in [0.05, 0.1) is 55.0 Å². The van der Waals surface area contributed by atoms with E-state index < -0.39 is 84.4 Å². The van der Waals surface area contributed by atoms with Crippen LogP contribution in [-0.4, -0.2) is 159 Å². The number of fused-ring (bicyclic) bond motifs is 4. The van der Waals surface area contributed by atoms with Crippen molar-refractivity contribution in [2.24, 2.45) is 17.2 Å². The smallest absolute Gasteiger partial charge is 0.312 e. The van der Waals surface area contributed by atoms with Crippen LogP contribution in [0.5, 0.6) is 11.5 Å². The Balaban J connectivity index is 1.15. The van der Waals surface area contributed by atoms with Crippen LogP contribution in [0.2, 0.25) is 0 Å². The fraction of sp³-hybridized carbons (Fsp3) is 0.382. The van der Waals surface area contributed by atoms with Gasteiger partial charge in [0.1, 0.15) is 46.1 Å². The summed E-state index contributed by atoms with van der Waals surface area (Å²) in [5, 5.41) is 44.6. The average Bonchev–Trinajstić information content (AvgIpc) is 1.68. The molecule has 7 aromatic rings. The van der Waals surface area contributed by atoms with E-state index in [1.807, 2.05) is 37.5 Å². The molecule has 5 heterocycles. The van der Waals surface area contributed by atoms with E-state index in [4.69, 9.17) is 41.6 Å². The SMILES string of the molecule is CCn1nc(C)cc1C(=O)Nc1nc2cc(C(N)=O)cc(OCCCNC(=O)[C@H](CC(=O)O)NC(=O)[C@H](CC(=O)O)NC(=O)[C@H](CCCNC(N)=O)NC)c2n1C/C=C/Cn1c2nc(-c3cc(C)nn3CC)ncc2c2cc(C(N)=O)cc(OC)c21. The molecule has 0 saturated carbocycles. The van der Waals surface area contributed by atoms with Crippen LogP contribution in [0.1, 0.15) is 88.5 Å². The zero-order valence-electron chi connectivity index (χ0n) is 48.1. The van der Waals surface area contributed by atoms with Gasteiger partial charge in [-0.15, -0.1) is 0 Å². The molecule has 0 spiro atoms. The van der Waals surface area contributed by atoms with E-state index in [9.17, 15) is 53.4 Å². The Kier molecular flexibility index (Phi) is 20.7. The first-order valence-corrected chi connectivity index (χ1v) is 27.3. The number of carbonyl (C=O) groups excluding carboxylic acids is 7. The highest BCUT2D eigenvalue weighted by Crippen LogP contribution is 2.37. The molecule has 0 saturated heterocycles. The molecule has 7 rings (SSSR count). The van der Waals surface area contributed by atoms with Crippen LogP contribution in [0.25, 0.3) is 44.5 Å². The summed E-state index contributed by atoms with van der Waals surface area (Å²) in [6.45, 7) is 8.35. The number of rotatable bonds is 31. The number of aromatic nitrogens is 9. The predicted molar refractivity (Wildman–Crippen MR) is 311 cm³/mol. The minimum atomic E-state index is -1.73. The topological polar surface area (TPSA) is 447 Å². The van der Waals surface area contributed by atoms with Gasteiger partial charge in [-0.1, -0.05) is 12.2 Å². The van der Waals surface area contributed by atoms with Crippen molar-refractivity contribution in [1.82, 2.24) is 70.2 Å². The van der Waals surface area contributed by atoms with E-state index in [2.05, 4.69) is 42.1 Å². The third kappa shape index (κ3) is 15.0. The van der Waals surface area contributed by atoms with Crippen molar-refractivity contribution in [1.29, 1.82) is 0 Å². The molecule has 3 atom stereocenters. The second-order valence-corrected chi connectivity index (χ2v) is 19.7. The number of carboxylic acids is 2. The summed E-state index contributed by atoms with van der Waals surface area (Å²) in [6, 6.07) is 4.37. The van der Waals surface area contributed by atoms with Gasteiger partial charge in [-0.25, -0.2) is 19.7 Å². The molecule has 86 heavy (non-hydrogen) atoms. The highest BCUT2D eigenvalue weighted by Gasteiger charge is 2.32. The quantitative estimate of drug-likeness (QED) is 0.0215. The van der Waals surface area contributed by atoms with Crippen LogP contribution >= 0.6 is 0 Å². The number of urea groups is 1. The number of hydrogen-bond donors (Lipinski definition) is 11. The van der Waals surface area contributed by atoms with Crippen molar-refractivity contribution in [3.05, 3.63) is 83.0 Å². The lowest BCUT2D eigenvalue weighted by Crippen LogP contribution is -2.57. The first-order valence-electron chi connectivity index (χ1n) is 27.3. The number of nitrogens with zero attached hydrogens (tertiary/aromatic N) is 9. The van der Waals surface area contributed by atoms with E-state index in [-0.39, 0.29) is 86.1 Å². The number of imidazole rings is 1. The number of amides is 8. The van der Waals surface area contributed by atoms with Crippen LogP contribution in [0, 0.1) is 13.8 Å².